The molecule has 0 saturated heterocycles. The number of carbonyl (C=O) groups excluding carboxylic acids is 1. The highest BCUT2D eigenvalue weighted by Crippen LogP contribution is 2.23. The molecule has 0 fully saturated rings. The van der Waals surface area contributed by atoms with Gasteiger partial charge in [0.05, 0.1) is 33.2 Å². The maximum atomic E-state index is 13.0. The van der Waals surface area contributed by atoms with Crippen LogP contribution in [0.15, 0.2) is 107 Å². The van der Waals surface area contributed by atoms with Crippen LogP contribution in [-0.4, -0.2) is 15.0 Å². The minimum Gasteiger partial charge on any atom is -0.399 e. The Kier molecular flexibility index (Phi) is 7.27. The lowest BCUT2D eigenvalue weighted by atomic mass is 10.1. The van der Waals surface area contributed by atoms with Crippen molar-refractivity contribution in [1.29, 1.82) is 0 Å². The third-order valence-corrected chi connectivity index (χ3v) is 6.51. The number of aromatic nitrogens is 2. The zero-order valence-corrected chi connectivity index (χ0v) is 22.0. The minimum absolute atomic E-state index is 0.294. The van der Waals surface area contributed by atoms with Crippen molar-refractivity contribution in [3.63, 3.8) is 0 Å². The van der Waals surface area contributed by atoms with Gasteiger partial charge in [0.1, 0.15) is 0 Å². The highest BCUT2D eigenvalue weighted by molar-refractivity contribution is 6.08. The maximum Gasteiger partial charge on any atom is 0.257 e. The number of nitrogen functional groups attached to an aromatic ring is 2. The van der Waals surface area contributed by atoms with Crippen molar-refractivity contribution in [2.24, 2.45) is 9.98 Å². The molecular weight excluding hydrogens is 486 g/mol. The van der Waals surface area contributed by atoms with Crippen molar-refractivity contribution in [2.45, 2.75) is 26.9 Å². The van der Waals surface area contributed by atoms with Crippen LogP contribution in [0.25, 0.3) is 10.9 Å². The Labute approximate surface area is 226 Å². The van der Waals surface area contributed by atoms with Crippen LogP contribution in [0, 0.1) is 0 Å². The Bertz CT molecular complexity index is 1780. The predicted octanol–water partition coefficient (Wildman–Crippen LogP) is 5.36. The summed E-state index contributed by atoms with van der Waals surface area (Å²) in [5.41, 5.74) is 16.9. The van der Waals surface area contributed by atoms with Crippen LogP contribution in [0.3, 0.4) is 0 Å². The second kappa shape index (κ2) is 11.1. The van der Waals surface area contributed by atoms with E-state index in [4.69, 9.17) is 16.5 Å². The Morgan fingerprint density at radius 2 is 1.54 bits per heavy atom. The van der Waals surface area contributed by atoms with Crippen molar-refractivity contribution in [3.8, 4) is 0 Å². The average Bonchev–Trinajstić information content (AvgIpc) is 2.95. The number of hydrogen-bond acceptors (Lipinski definition) is 5. The topological polar surface area (TPSA) is 116 Å². The van der Waals surface area contributed by atoms with Gasteiger partial charge < -0.3 is 25.9 Å². The van der Waals surface area contributed by atoms with Gasteiger partial charge in [-0.1, -0.05) is 0 Å². The summed E-state index contributed by atoms with van der Waals surface area (Å²) in [7, 11) is 0. The number of amides is 1. The van der Waals surface area contributed by atoms with Gasteiger partial charge in [0.15, 0.2) is 0 Å². The van der Waals surface area contributed by atoms with Crippen LogP contribution >= 0.6 is 0 Å². The standard InChI is InChI=1S/C31H31N7O/c1-3-37-16-13-24(14-17-37)34-22-6-8-23(9-7-22)36-31(39)26-11-10-25(20-28(26)33)35-29-15-18-38(4-2)30-12-5-21(32)19-27(29)30/h5-20H,3-4,32-33H2,1-2H3,(H,36,39). The predicted molar refractivity (Wildman–Crippen MR) is 158 cm³/mol. The van der Waals surface area contributed by atoms with Crippen LogP contribution in [0.4, 0.5) is 28.4 Å². The van der Waals surface area contributed by atoms with Crippen LogP contribution in [0.5, 0.6) is 0 Å². The maximum absolute atomic E-state index is 13.0. The molecule has 0 spiro atoms. The fraction of sp³-hybridized carbons (Fsp3) is 0.129. The fourth-order valence-corrected chi connectivity index (χ4v) is 4.38. The number of fused-ring (bicyclic) bond motifs is 1. The first-order valence-corrected chi connectivity index (χ1v) is 12.9. The van der Waals surface area contributed by atoms with Gasteiger partial charge in [-0.05, 0) is 92.7 Å². The monoisotopic (exact) mass is 517 g/mol. The first kappa shape index (κ1) is 25.5. The summed E-state index contributed by atoms with van der Waals surface area (Å²) < 4.78 is 4.21. The van der Waals surface area contributed by atoms with E-state index in [2.05, 4.69) is 33.3 Å². The number of nitrogens with zero attached hydrogens (tertiary/aromatic N) is 4. The lowest BCUT2D eigenvalue weighted by Crippen LogP contribution is -2.14. The van der Waals surface area contributed by atoms with Crippen molar-refractivity contribution < 1.29 is 4.79 Å². The van der Waals surface area contributed by atoms with Gasteiger partial charge in [-0.25, -0.2) is 9.98 Å². The summed E-state index contributed by atoms with van der Waals surface area (Å²) in [5.74, 6) is -0.294. The molecule has 5 rings (SSSR count). The molecule has 2 heterocycles. The van der Waals surface area contributed by atoms with E-state index in [-0.39, 0.29) is 5.91 Å². The summed E-state index contributed by atoms with van der Waals surface area (Å²) in [4.78, 5) is 22.4. The summed E-state index contributed by atoms with van der Waals surface area (Å²) >= 11 is 0. The number of pyridine rings is 2. The number of benzene rings is 3. The third kappa shape index (κ3) is 5.75. The van der Waals surface area contributed by atoms with Crippen molar-refractivity contribution in [1.82, 2.24) is 9.13 Å². The molecule has 196 valence electrons. The van der Waals surface area contributed by atoms with E-state index in [0.717, 1.165) is 40.4 Å². The Hall–Kier alpha value is -5.11. The largest absolute Gasteiger partial charge is 0.399 e. The molecule has 39 heavy (non-hydrogen) atoms. The number of nitrogens with one attached hydrogen (secondary N) is 1. The quantitative estimate of drug-likeness (QED) is 0.263. The molecule has 0 aliphatic heterocycles. The molecular formula is C31H31N7O. The molecule has 5 N–H and O–H groups in total. The zero-order chi connectivity index (χ0) is 27.4. The van der Waals surface area contributed by atoms with Gasteiger partial charge in [0.2, 0.25) is 0 Å². The van der Waals surface area contributed by atoms with Gasteiger partial charge in [0.25, 0.3) is 5.91 Å². The van der Waals surface area contributed by atoms with Crippen LogP contribution < -0.4 is 27.5 Å². The lowest BCUT2D eigenvalue weighted by Gasteiger charge is -2.10. The number of anilines is 3. The first-order chi connectivity index (χ1) is 18.9. The number of carbonyl (C=O) groups is 1. The van der Waals surface area contributed by atoms with Crippen LogP contribution in [-0.2, 0) is 13.1 Å². The summed E-state index contributed by atoms with van der Waals surface area (Å²) in [6.07, 6.45) is 5.99. The Morgan fingerprint density at radius 1 is 0.795 bits per heavy atom. The highest BCUT2D eigenvalue weighted by atomic mass is 16.1. The molecule has 0 aliphatic carbocycles. The van der Waals surface area contributed by atoms with E-state index < -0.39 is 0 Å². The molecule has 0 bridgehead atoms. The number of hydrogen-bond donors (Lipinski definition) is 3. The van der Waals surface area contributed by atoms with Crippen molar-refractivity contribution in [3.05, 3.63) is 114 Å². The summed E-state index contributed by atoms with van der Waals surface area (Å²) in [5, 5.41) is 5.51. The van der Waals surface area contributed by atoms with Gasteiger partial charge in [-0.2, -0.15) is 0 Å². The Balaban J connectivity index is 1.35. The van der Waals surface area contributed by atoms with Crippen LogP contribution in [0.1, 0.15) is 24.2 Å². The normalized spacial score (nSPS) is 11.5. The highest BCUT2D eigenvalue weighted by Gasteiger charge is 2.11. The number of nitrogens with two attached hydrogens (primary N) is 2. The zero-order valence-electron chi connectivity index (χ0n) is 22.0. The second-order valence-corrected chi connectivity index (χ2v) is 9.15. The average molecular weight is 518 g/mol. The fourth-order valence-electron chi connectivity index (χ4n) is 4.38. The second-order valence-electron chi connectivity index (χ2n) is 9.15. The number of aryl methyl sites for hydroxylation is 2. The van der Waals surface area contributed by atoms with E-state index in [1.807, 2.05) is 79.3 Å². The SMILES string of the molecule is CCn1ccc(=Nc2ccc(NC(=O)c3ccc(N=c4ccn(CC)c5ccc(N)cc45)cc3N)cc2)cc1. The molecule has 8 nitrogen and oxygen atoms in total. The first-order valence-electron chi connectivity index (χ1n) is 12.9. The molecule has 2 aromatic heterocycles. The molecule has 0 unspecified atom stereocenters. The number of rotatable bonds is 6. The summed E-state index contributed by atoms with van der Waals surface area (Å²) in [6, 6.07) is 24.2. The van der Waals surface area contributed by atoms with Gasteiger partial charge >= 0.3 is 0 Å². The molecule has 0 atom stereocenters. The van der Waals surface area contributed by atoms with Crippen molar-refractivity contribution >= 4 is 45.2 Å². The minimum atomic E-state index is -0.294. The molecule has 0 radical (unpaired) electrons. The third-order valence-electron chi connectivity index (χ3n) is 6.51. The van der Waals surface area contributed by atoms with E-state index in [0.29, 0.717) is 28.3 Å². The van der Waals surface area contributed by atoms with Crippen molar-refractivity contribution in [2.75, 3.05) is 16.8 Å². The molecule has 1 amide bonds. The van der Waals surface area contributed by atoms with Gasteiger partial charge in [0, 0.05) is 54.1 Å². The van der Waals surface area contributed by atoms with E-state index in [1.165, 1.54) is 0 Å². The van der Waals surface area contributed by atoms with Crippen LogP contribution in [0.2, 0.25) is 0 Å². The van der Waals surface area contributed by atoms with E-state index in [9.17, 15) is 4.79 Å². The molecule has 3 aromatic carbocycles. The van der Waals surface area contributed by atoms with Gasteiger partial charge in [-0.3, -0.25) is 4.79 Å². The molecule has 0 aliphatic rings. The molecule has 8 heteroatoms. The van der Waals surface area contributed by atoms with Gasteiger partial charge in [-0.15, -0.1) is 0 Å². The van der Waals surface area contributed by atoms with E-state index >= 15 is 0 Å². The molecule has 5 aromatic rings. The molecule has 0 saturated carbocycles. The Morgan fingerprint density at radius 3 is 2.23 bits per heavy atom. The smallest absolute Gasteiger partial charge is 0.257 e. The lowest BCUT2D eigenvalue weighted by molar-refractivity contribution is 0.102. The summed E-state index contributed by atoms with van der Waals surface area (Å²) in [6.45, 7) is 5.92. The van der Waals surface area contributed by atoms with E-state index in [1.54, 1.807) is 18.2 Å².